The first-order chi connectivity index (χ1) is 6.93. The van der Waals surface area contributed by atoms with Gasteiger partial charge in [0.2, 0.25) is 6.04 Å². The van der Waals surface area contributed by atoms with Gasteiger partial charge in [-0.05, 0) is 0 Å². The average Bonchev–Trinajstić information content (AvgIpc) is 2.16. The van der Waals surface area contributed by atoms with Crippen molar-refractivity contribution in [2.45, 2.75) is 11.7 Å². The average molecular weight is 215 g/mol. The first-order valence-electron chi connectivity index (χ1n) is 3.86. The zero-order valence-electron chi connectivity index (χ0n) is 7.49. The van der Waals surface area contributed by atoms with Crippen molar-refractivity contribution >= 4 is 0 Å². The number of nitrogens with two attached hydrogens (primary N) is 2. The van der Waals surface area contributed by atoms with Crippen LogP contribution in [0.4, 0.5) is 0 Å². The quantitative estimate of drug-likeness (QED) is 0.224. The van der Waals surface area contributed by atoms with Crippen LogP contribution in [0.3, 0.4) is 0 Å². The van der Waals surface area contributed by atoms with Gasteiger partial charge in [-0.25, -0.2) is 5.43 Å². The number of rotatable bonds is 3. The fraction of sp³-hybridized carbons (Fsp3) is 0.333. The molecule has 0 fully saturated rings. The second-order valence-electron chi connectivity index (χ2n) is 2.95. The number of hydrazine groups is 1. The van der Waals surface area contributed by atoms with Crippen LogP contribution in [0, 0.1) is 20.2 Å². The second-order valence-corrected chi connectivity index (χ2v) is 2.95. The van der Waals surface area contributed by atoms with Crippen LogP contribution in [0.1, 0.15) is 0 Å². The molecule has 9 nitrogen and oxygen atoms in total. The van der Waals surface area contributed by atoms with E-state index < -0.39 is 27.2 Å². The first kappa shape index (κ1) is 11.2. The van der Waals surface area contributed by atoms with Crippen LogP contribution in [0.2, 0.25) is 0 Å². The van der Waals surface area contributed by atoms with Crippen LogP contribution in [-0.2, 0) is 0 Å². The van der Waals surface area contributed by atoms with Crippen molar-refractivity contribution in [2.24, 2.45) is 11.6 Å². The number of nitrogens with zero attached hydrogens (tertiary/aromatic N) is 2. The molecular formula is C6H9N5O4. The summed E-state index contributed by atoms with van der Waals surface area (Å²) in [6.45, 7) is 0. The lowest BCUT2D eigenvalue weighted by atomic mass is 9.94. The fourth-order valence-electron chi connectivity index (χ4n) is 1.28. The van der Waals surface area contributed by atoms with Crippen LogP contribution in [0.5, 0.6) is 0 Å². The topological polar surface area (TPSA) is 150 Å². The molecule has 0 aromatic rings. The first-order valence-corrected chi connectivity index (χ1v) is 3.86. The summed E-state index contributed by atoms with van der Waals surface area (Å²) in [6.07, 6.45) is 3.32. The Morgan fingerprint density at radius 3 is 2.47 bits per heavy atom. The highest BCUT2D eigenvalue weighted by atomic mass is 16.6. The minimum absolute atomic E-state index is 0.445. The third-order valence-corrected chi connectivity index (χ3v) is 2.08. The van der Waals surface area contributed by atoms with Gasteiger partial charge in [-0.15, -0.1) is 0 Å². The van der Waals surface area contributed by atoms with Crippen LogP contribution in [-0.4, -0.2) is 21.6 Å². The molecule has 15 heavy (non-hydrogen) atoms. The standard InChI is InChI=1S/C6H9N5O4/c7-6(11(14)15)3-1-2-4(10(12)13)5(6)9-8/h1-3,5,9H,7-8H2. The van der Waals surface area contributed by atoms with E-state index >= 15 is 0 Å². The predicted molar refractivity (Wildman–Crippen MR) is 49.2 cm³/mol. The van der Waals surface area contributed by atoms with Gasteiger partial charge < -0.3 is 0 Å². The van der Waals surface area contributed by atoms with Gasteiger partial charge in [0.15, 0.2) is 0 Å². The Hall–Kier alpha value is -1.84. The molecule has 0 heterocycles. The van der Waals surface area contributed by atoms with Crippen LogP contribution in [0.25, 0.3) is 0 Å². The molecule has 0 spiro atoms. The summed E-state index contributed by atoms with van der Waals surface area (Å²) in [5, 5.41) is 21.3. The highest BCUT2D eigenvalue weighted by Gasteiger charge is 2.52. The fourth-order valence-corrected chi connectivity index (χ4v) is 1.28. The van der Waals surface area contributed by atoms with Crippen molar-refractivity contribution in [3.05, 3.63) is 44.2 Å². The molecule has 0 saturated carbocycles. The normalized spacial score (nSPS) is 29.7. The predicted octanol–water partition coefficient (Wildman–Crippen LogP) is -1.52. The Labute approximate surface area is 83.7 Å². The molecule has 0 aromatic heterocycles. The molecule has 5 N–H and O–H groups in total. The maximum atomic E-state index is 10.7. The maximum absolute atomic E-state index is 10.7. The highest BCUT2D eigenvalue weighted by Crippen LogP contribution is 2.22. The highest BCUT2D eigenvalue weighted by molar-refractivity contribution is 5.26. The molecular weight excluding hydrogens is 206 g/mol. The molecule has 0 bridgehead atoms. The number of allylic oxidation sites excluding steroid dienone is 2. The van der Waals surface area contributed by atoms with Crippen molar-refractivity contribution in [1.29, 1.82) is 0 Å². The van der Waals surface area contributed by atoms with E-state index in [1.54, 1.807) is 0 Å². The van der Waals surface area contributed by atoms with Gasteiger partial charge in [-0.1, -0.05) is 6.08 Å². The summed E-state index contributed by atoms with van der Waals surface area (Å²) < 4.78 is 0. The van der Waals surface area contributed by atoms with Crippen LogP contribution in [0.15, 0.2) is 23.9 Å². The van der Waals surface area contributed by atoms with Crippen LogP contribution >= 0.6 is 0 Å². The summed E-state index contributed by atoms with van der Waals surface area (Å²) in [4.78, 5) is 19.7. The summed E-state index contributed by atoms with van der Waals surface area (Å²) in [6, 6.07) is -1.37. The Kier molecular flexibility index (Phi) is 2.79. The molecule has 1 aliphatic rings. The molecule has 1 aliphatic carbocycles. The largest absolute Gasteiger partial charge is 0.318 e. The molecule has 0 radical (unpaired) electrons. The summed E-state index contributed by atoms with van der Waals surface area (Å²) in [7, 11) is 0. The lowest BCUT2D eigenvalue weighted by Gasteiger charge is -2.25. The van der Waals surface area contributed by atoms with Gasteiger partial charge in [0.1, 0.15) is 0 Å². The molecule has 2 unspecified atom stereocenters. The number of hydrogen-bond donors (Lipinski definition) is 3. The Bertz CT molecular complexity index is 365. The summed E-state index contributed by atoms with van der Waals surface area (Å²) >= 11 is 0. The molecule has 0 amide bonds. The summed E-state index contributed by atoms with van der Waals surface area (Å²) in [5.41, 5.74) is 4.84. The SMILES string of the molecule is NNC1C([N+](=O)[O-])=CC=CC1(N)[N+](=O)[O-]. The number of nitro groups is 2. The summed E-state index contributed by atoms with van der Waals surface area (Å²) in [5.74, 6) is 5.03. The van der Waals surface area contributed by atoms with E-state index in [1.807, 2.05) is 5.43 Å². The zero-order chi connectivity index (χ0) is 11.6. The lowest BCUT2D eigenvalue weighted by molar-refractivity contribution is -0.565. The van der Waals surface area contributed by atoms with Crippen molar-refractivity contribution < 1.29 is 9.85 Å². The second kappa shape index (κ2) is 3.73. The third-order valence-electron chi connectivity index (χ3n) is 2.08. The van der Waals surface area contributed by atoms with Crippen LogP contribution < -0.4 is 17.0 Å². The Morgan fingerprint density at radius 1 is 1.47 bits per heavy atom. The Morgan fingerprint density at radius 2 is 2.07 bits per heavy atom. The van der Waals surface area contributed by atoms with Gasteiger partial charge in [0.25, 0.3) is 5.70 Å². The van der Waals surface area contributed by atoms with Crippen molar-refractivity contribution in [1.82, 2.24) is 5.43 Å². The van der Waals surface area contributed by atoms with E-state index in [0.29, 0.717) is 0 Å². The van der Waals surface area contributed by atoms with E-state index in [1.165, 1.54) is 0 Å². The van der Waals surface area contributed by atoms with E-state index in [2.05, 4.69) is 0 Å². The van der Waals surface area contributed by atoms with E-state index in [-0.39, 0.29) is 0 Å². The molecule has 82 valence electrons. The molecule has 0 aromatic carbocycles. The minimum Gasteiger partial charge on any atom is -0.270 e. The number of nitrogens with one attached hydrogen (secondary N) is 1. The van der Waals surface area contributed by atoms with Gasteiger partial charge in [0, 0.05) is 17.1 Å². The third kappa shape index (κ3) is 1.70. The van der Waals surface area contributed by atoms with Crippen molar-refractivity contribution in [3.63, 3.8) is 0 Å². The van der Waals surface area contributed by atoms with E-state index in [0.717, 1.165) is 18.2 Å². The zero-order valence-corrected chi connectivity index (χ0v) is 7.49. The van der Waals surface area contributed by atoms with Gasteiger partial charge >= 0.3 is 5.66 Å². The molecule has 2 atom stereocenters. The van der Waals surface area contributed by atoms with Gasteiger partial charge in [-0.2, -0.15) is 0 Å². The molecule has 1 rings (SSSR count). The maximum Gasteiger partial charge on any atom is 0.318 e. The van der Waals surface area contributed by atoms with Crippen molar-refractivity contribution in [3.8, 4) is 0 Å². The minimum atomic E-state index is -2.11. The van der Waals surface area contributed by atoms with Gasteiger partial charge in [-0.3, -0.25) is 31.8 Å². The molecule has 0 saturated heterocycles. The smallest absolute Gasteiger partial charge is 0.270 e. The molecule has 0 aliphatic heterocycles. The molecule has 9 heteroatoms. The lowest BCUT2D eigenvalue weighted by Crippen LogP contribution is -2.64. The monoisotopic (exact) mass is 215 g/mol. The van der Waals surface area contributed by atoms with E-state index in [9.17, 15) is 20.2 Å². The van der Waals surface area contributed by atoms with Crippen molar-refractivity contribution in [2.75, 3.05) is 0 Å². The van der Waals surface area contributed by atoms with Gasteiger partial charge in [0.05, 0.1) is 4.92 Å². The number of hydrogen-bond acceptors (Lipinski definition) is 7. The van der Waals surface area contributed by atoms with E-state index in [4.69, 9.17) is 11.6 Å². The Balaban J connectivity index is 3.18.